The first kappa shape index (κ1) is 48.6. The highest BCUT2D eigenvalue weighted by atomic mass is 19.4. The minimum absolute atomic E-state index is 0.0200. The van der Waals surface area contributed by atoms with Crippen LogP contribution in [0.4, 0.5) is 122 Å². The van der Waals surface area contributed by atoms with Gasteiger partial charge in [0.2, 0.25) is 5.75 Å². The lowest BCUT2D eigenvalue weighted by molar-refractivity contribution is -0.476. The van der Waals surface area contributed by atoms with Gasteiger partial charge in [0.15, 0.2) is 6.61 Å². The maximum absolute atomic E-state index is 14.1. The number of nitro benzene ring substituents is 2. The van der Waals surface area contributed by atoms with Crippen LogP contribution in [0.25, 0.3) is 0 Å². The van der Waals surface area contributed by atoms with E-state index in [1.165, 1.54) is 0 Å². The number of benzene rings is 1. The zero-order valence-electron chi connectivity index (χ0n) is 25.0. The lowest BCUT2D eigenvalue weighted by atomic mass is 9.84. The van der Waals surface area contributed by atoms with Gasteiger partial charge in [-0.05, 0) is 6.42 Å². The fourth-order valence-electron chi connectivity index (χ4n) is 3.59. The number of hydrogen-bond acceptors (Lipinski definition) is 7. The highest BCUT2D eigenvalue weighted by Crippen LogP contribution is 2.67. The summed E-state index contributed by atoms with van der Waals surface area (Å²) in [6.45, 7) is -2.95. The van der Waals surface area contributed by atoms with Gasteiger partial charge in [-0.15, -0.1) is 0 Å². The molecule has 0 aromatic heterocycles. The molecule has 0 atom stereocenters. The summed E-state index contributed by atoms with van der Waals surface area (Å²) in [5, 5.41) is 22.1. The van der Waals surface area contributed by atoms with Crippen molar-refractivity contribution in [1.29, 1.82) is 0 Å². The topological polar surface area (TPSA) is 122 Å². The van der Waals surface area contributed by atoms with E-state index in [1.807, 2.05) is 0 Å². The second-order valence-corrected chi connectivity index (χ2v) is 10.3. The molecule has 1 rings (SSSR count). The Morgan fingerprint density at radius 1 is 0.600 bits per heavy atom. The molecule has 0 bridgehead atoms. The first-order valence-electron chi connectivity index (χ1n) is 12.7. The normalized spacial score (nSPS) is 14.9. The maximum Gasteiger partial charge on any atom is 0.514 e. The third kappa shape index (κ3) is 6.91. The van der Waals surface area contributed by atoms with Gasteiger partial charge in [0.1, 0.15) is 0 Å². The van der Waals surface area contributed by atoms with E-state index in [-0.39, 0.29) is 6.07 Å². The number of ether oxygens (including phenoxy) is 2. The summed E-state index contributed by atoms with van der Waals surface area (Å²) in [4.78, 5) is 30.9. The maximum atomic E-state index is 14.1. The zero-order valence-corrected chi connectivity index (χ0v) is 25.0. The van der Waals surface area contributed by atoms with Gasteiger partial charge in [0.05, 0.1) is 15.9 Å². The molecule has 0 radical (unpaired) electrons. The van der Waals surface area contributed by atoms with Crippen LogP contribution in [-0.4, -0.2) is 94.2 Å². The molecule has 0 aliphatic carbocycles. The van der Waals surface area contributed by atoms with E-state index in [2.05, 4.69) is 9.47 Å². The predicted molar refractivity (Wildman–Crippen MR) is 122 cm³/mol. The monoisotopic (exact) mass is 870 g/mol. The summed E-state index contributed by atoms with van der Waals surface area (Å²) in [7, 11) is 0. The van der Waals surface area contributed by atoms with Crippen LogP contribution in [-0.2, 0) is 11.2 Å². The average Bonchev–Trinajstić information content (AvgIpc) is 3.02. The molecule has 0 saturated heterocycles. The molecule has 0 fully saturated rings. The van der Waals surface area contributed by atoms with E-state index in [4.69, 9.17) is 0 Å². The molecule has 318 valence electrons. The van der Waals surface area contributed by atoms with E-state index in [0.717, 1.165) is 6.92 Å². The molecule has 1 aromatic rings. The first-order valence-corrected chi connectivity index (χ1v) is 12.7. The predicted octanol–water partition coefficient (Wildman–Crippen LogP) is 9.83. The van der Waals surface area contributed by atoms with Crippen LogP contribution in [0.15, 0.2) is 12.1 Å². The lowest BCUT2D eigenvalue weighted by Crippen LogP contribution is -2.78. The third-order valence-electron chi connectivity index (χ3n) is 6.78. The van der Waals surface area contributed by atoms with Crippen LogP contribution >= 0.6 is 0 Å². The third-order valence-corrected chi connectivity index (χ3v) is 6.78. The van der Waals surface area contributed by atoms with Crippen molar-refractivity contribution in [2.24, 2.45) is 0 Å². The Hall–Kier alpha value is -4.39. The Bertz CT molecular complexity index is 1650. The number of alkyl halides is 24. The molecular weight excluding hydrogens is 860 g/mol. The molecule has 1 aromatic carbocycles. The smallest absolute Gasteiger partial charge is 0.427 e. The molecule has 0 aliphatic heterocycles. The summed E-state index contributed by atoms with van der Waals surface area (Å²) in [5.41, 5.74) is -3.60. The summed E-state index contributed by atoms with van der Waals surface area (Å²) in [6, 6.07) is 0.343. The van der Waals surface area contributed by atoms with E-state index in [1.54, 1.807) is 0 Å². The van der Waals surface area contributed by atoms with Crippen LogP contribution in [0, 0.1) is 20.2 Å². The van der Waals surface area contributed by atoms with Crippen LogP contribution < -0.4 is 4.74 Å². The van der Waals surface area contributed by atoms with Crippen molar-refractivity contribution in [2.75, 3.05) is 6.61 Å². The Balaban J connectivity index is 3.67. The van der Waals surface area contributed by atoms with E-state index < -0.39 is 123 Å². The minimum Gasteiger partial charge on any atom is -0.427 e. The number of hydrogen-bond donors (Lipinski definition) is 0. The van der Waals surface area contributed by atoms with Gasteiger partial charge in [0.25, 0.3) is 5.69 Å². The largest absolute Gasteiger partial charge is 0.514 e. The van der Waals surface area contributed by atoms with Gasteiger partial charge >= 0.3 is 83.4 Å². The molecule has 9 nitrogen and oxygen atoms in total. The quantitative estimate of drug-likeness (QED) is 0.0503. The number of rotatable bonds is 17. The van der Waals surface area contributed by atoms with Gasteiger partial charge in [-0.1, -0.05) is 6.92 Å². The standard InChI is InChI=1S/C22H10F24N2O7/c1-2-6-3-7(47(50)51)4-8(48(52)53)9(6)55-11(49)54-5-12(25,26)14(29,30)16(33,34)18(37,38)20(41,42)22(45,46)21(43,44)19(39,40)17(35,36)15(31,32)13(27,28)10(23)24/h3-4,10H,2,5H2,1H3. The second kappa shape index (κ2) is 14.0. The Kier molecular flexibility index (Phi) is 12.4. The average molecular weight is 870 g/mol. The molecule has 0 heterocycles. The SMILES string of the molecule is CCc1cc([N+](=O)[O-])cc([N+](=O)[O-])c1OC(=O)OCC(F)(F)C(F)(F)C(F)(F)C(F)(F)C(F)(F)C(F)(F)C(F)(F)C(F)(F)C(F)(F)C(F)(F)C(F)(F)C(F)F. The lowest BCUT2D eigenvalue weighted by Gasteiger charge is -2.45. The highest BCUT2D eigenvalue weighted by molar-refractivity contribution is 5.69. The van der Waals surface area contributed by atoms with Crippen molar-refractivity contribution < 1.29 is 129 Å². The molecule has 0 unspecified atom stereocenters. The molecule has 33 heteroatoms. The molecule has 0 aliphatic rings. The summed E-state index contributed by atoms with van der Waals surface area (Å²) in [6.07, 6.45) is -10.0. The number of non-ortho nitro benzene ring substituents is 1. The van der Waals surface area contributed by atoms with Crippen LogP contribution in [0.3, 0.4) is 0 Å². The van der Waals surface area contributed by atoms with Gasteiger partial charge < -0.3 is 9.47 Å². The number of carbonyl (C=O) groups is 1. The molecular formula is C22H10F24N2O7. The first-order chi connectivity index (χ1) is 24.0. The van der Waals surface area contributed by atoms with Crippen molar-refractivity contribution in [1.82, 2.24) is 0 Å². The zero-order chi connectivity index (χ0) is 44.4. The van der Waals surface area contributed by atoms with Crippen LogP contribution in [0.2, 0.25) is 0 Å². The fourth-order valence-corrected chi connectivity index (χ4v) is 3.59. The Morgan fingerprint density at radius 2 is 0.945 bits per heavy atom. The number of aryl methyl sites for hydroxylation is 1. The van der Waals surface area contributed by atoms with Crippen molar-refractivity contribution in [3.8, 4) is 5.75 Å². The number of halogens is 24. The minimum atomic E-state index is -9.67. The van der Waals surface area contributed by atoms with E-state index in [9.17, 15) is 130 Å². The molecule has 0 N–H and O–H groups in total. The molecule has 55 heavy (non-hydrogen) atoms. The molecule has 0 amide bonds. The number of carbonyl (C=O) groups excluding carboxylic acids is 1. The van der Waals surface area contributed by atoms with Crippen molar-refractivity contribution in [3.05, 3.63) is 37.9 Å². The van der Waals surface area contributed by atoms with E-state index >= 15 is 0 Å². The highest BCUT2D eigenvalue weighted by Gasteiger charge is 2.99. The van der Waals surface area contributed by atoms with Crippen molar-refractivity contribution in [2.45, 2.75) is 84.9 Å². The van der Waals surface area contributed by atoms with E-state index in [0.29, 0.717) is 6.07 Å². The summed E-state index contributed by atoms with van der Waals surface area (Å²) >= 11 is 0. The Morgan fingerprint density at radius 3 is 1.25 bits per heavy atom. The Labute approximate surface area is 283 Å². The van der Waals surface area contributed by atoms with Gasteiger partial charge in [0, 0.05) is 11.6 Å². The number of nitrogens with zero attached hydrogens (tertiary/aromatic N) is 2. The molecule has 0 spiro atoms. The fraction of sp³-hybridized carbons (Fsp3) is 0.682. The van der Waals surface area contributed by atoms with Crippen LogP contribution in [0.5, 0.6) is 5.75 Å². The van der Waals surface area contributed by atoms with Gasteiger partial charge in [-0.3, -0.25) is 20.2 Å². The van der Waals surface area contributed by atoms with Gasteiger partial charge in [-0.25, -0.2) is 13.6 Å². The van der Waals surface area contributed by atoms with Gasteiger partial charge in [-0.2, -0.15) is 96.6 Å². The number of nitro groups is 2. The van der Waals surface area contributed by atoms with Crippen LogP contribution in [0.1, 0.15) is 12.5 Å². The second-order valence-electron chi connectivity index (χ2n) is 10.3. The summed E-state index contributed by atoms with van der Waals surface area (Å²) < 4.78 is 334. The molecule has 0 saturated carbocycles. The van der Waals surface area contributed by atoms with Crippen molar-refractivity contribution in [3.63, 3.8) is 0 Å². The summed E-state index contributed by atoms with van der Waals surface area (Å²) in [5.74, 6) is -101. The van der Waals surface area contributed by atoms with Crippen molar-refractivity contribution >= 4 is 17.5 Å².